The molecule has 2 unspecified atom stereocenters. The molecule has 4 N–H and O–H groups in total. The van der Waals surface area contributed by atoms with E-state index in [4.69, 9.17) is 9.57 Å². The van der Waals surface area contributed by atoms with E-state index < -0.39 is 24.2 Å². The van der Waals surface area contributed by atoms with Gasteiger partial charge in [0, 0.05) is 79.3 Å². The molecule has 12 nitrogen and oxygen atoms in total. The molecule has 9 atom stereocenters. The summed E-state index contributed by atoms with van der Waals surface area (Å²) in [6, 6.07) is 16.4. The number of ether oxygens (including phenoxy) is 1. The number of amides is 2. The standard InChI is InChI=1S/C44H62N6O6/c1-26-36-20-31(44(36,3)4)21-37(26)47-43(54)40-39(27(2)52)38(25-51)56-50(40)23-28-13-12-15-35(41(28)55-9)29-17-30(19-34(18-29)49(7)8)42(53)46-33(24-48(5)6)22-32-14-10-11-16-45-32/h10-19,26-27,31,33,36-40,51-52H,20-25H2,1-9H3,(H,46,53)(H,47,54)/t26?,27-,31+,33?,36-,37-,38-,39+,40-/m0/s1. The second kappa shape index (κ2) is 17.2. The maximum atomic E-state index is 14.3. The van der Waals surface area contributed by atoms with Crippen LogP contribution in [0.5, 0.6) is 5.75 Å². The molecule has 3 aliphatic carbocycles. The number of para-hydroxylation sites is 1. The van der Waals surface area contributed by atoms with Crippen molar-refractivity contribution >= 4 is 17.5 Å². The van der Waals surface area contributed by atoms with E-state index in [0.717, 1.165) is 34.5 Å². The van der Waals surface area contributed by atoms with E-state index in [1.165, 1.54) is 6.42 Å². The van der Waals surface area contributed by atoms with Gasteiger partial charge in [0.1, 0.15) is 17.9 Å². The van der Waals surface area contributed by atoms with Crippen LogP contribution in [-0.4, -0.2) is 116 Å². The fourth-order valence-corrected chi connectivity index (χ4v) is 9.63. The van der Waals surface area contributed by atoms with Crippen LogP contribution >= 0.6 is 0 Å². The monoisotopic (exact) mass is 770 g/mol. The molecule has 2 bridgehead atoms. The summed E-state index contributed by atoms with van der Waals surface area (Å²) in [6.07, 6.45) is 2.81. The molecular weight excluding hydrogens is 709 g/mol. The zero-order valence-electron chi connectivity index (χ0n) is 34.5. The topological polar surface area (TPSA) is 140 Å². The van der Waals surface area contributed by atoms with E-state index >= 15 is 0 Å². The lowest BCUT2D eigenvalue weighted by atomic mass is 9.45. The third kappa shape index (κ3) is 8.60. The summed E-state index contributed by atoms with van der Waals surface area (Å²) in [7, 11) is 9.45. The Kier molecular flexibility index (Phi) is 12.8. The number of carbonyl (C=O) groups excluding carboxylic acids is 2. The van der Waals surface area contributed by atoms with Gasteiger partial charge in [0.15, 0.2) is 0 Å². The molecule has 2 aromatic carbocycles. The maximum Gasteiger partial charge on any atom is 0.251 e. The SMILES string of the molecule is COc1c(CN2O[C@@H](CO)[C@@H]([C@H](C)O)[C@H]2C(=O)N[C@H]2C[C@H]3C[C@@H](C2C)C3(C)C)cccc1-c1cc(C(=O)NC(Cc2ccccn2)CN(C)C)cc(N(C)C)c1. The van der Waals surface area contributed by atoms with Crippen molar-refractivity contribution in [3.63, 3.8) is 0 Å². The zero-order valence-corrected chi connectivity index (χ0v) is 34.5. The van der Waals surface area contributed by atoms with Crippen molar-refractivity contribution in [2.75, 3.05) is 53.4 Å². The lowest BCUT2D eigenvalue weighted by Crippen LogP contribution is -2.62. The largest absolute Gasteiger partial charge is 0.496 e. The number of rotatable bonds is 15. The molecule has 4 fully saturated rings. The van der Waals surface area contributed by atoms with Crippen LogP contribution in [0.2, 0.25) is 0 Å². The second-order valence-corrected chi connectivity index (χ2v) is 17.4. The third-order valence-electron chi connectivity index (χ3n) is 12.8. The Bertz CT molecular complexity index is 1840. The molecule has 0 radical (unpaired) electrons. The number of pyridine rings is 1. The average molecular weight is 771 g/mol. The number of methoxy groups -OCH3 is 1. The number of hydroxylamine groups is 2. The fourth-order valence-electron chi connectivity index (χ4n) is 9.63. The molecule has 1 saturated heterocycles. The Labute approximate surface area is 332 Å². The van der Waals surface area contributed by atoms with E-state index in [9.17, 15) is 19.8 Å². The highest BCUT2D eigenvalue weighted by Crippen LogP contribution is 2.61. The number of nitrogens with zero attached hydrogens (tertiary/aromatic N) is 4. The summed E-state index contributed by atoms with van der Waals surface area (Å²) in [5, 5.41) is 29.6. The molecular formula is C44H62N6O6. The number of aliphatic hydroxyl groups is 2. The summed E-state index contributed by atoms with van der Waals surface area (Å²) >= 11 is 0. The molecule has 3 aromatic rings. The van der Waals surface area contributed by atoms with E-state index in [0.29, 0.717) is 42.0 Å². The van der Waals surface area contributed by atoms with Crippen LogP contribution in [0, 0.1) is 29.1 Å². The molecule has 1 aromatic heterocycles. The summed E-state index contributed by atoms with van der Waals surface area (Å²) in [4.78, 5) is 43.1. The number of hydrogen-bond acceptors (Lipinski definition) is 10. The van der Waals surface area contributed by atoms with Gasteiger partial charge in [0.05, 0.1) is 26.4 Å². The van der Waals surface area contributed by atoms with Crippen LogP contribution in [0.4, 0.5) is 5.69 Å². The van der Waals surface area contributed by atoms with Crippen molar-refractivity contribution in [2.24, 2.45) is 29.1 Å². The maximum absolute atomic E-state index is 14.3. The van der Waals surface area contributed by atoms with Gasteiger partial charge in [-0.05, 0) is 92.9 Å². The predicted octanol–water partition coefficient (Wildman–Crippen LogP) is 4.39. The summed E-state index contributed by atoms with van der Waals surface area (Å²) < 4.78 is 6.10. The minimum absolute atomic E-state index is 0.0327. The lowest BCUT2D eigenvalue weighted by Gasteiger charge is -2.62. The van der Waals surface area contributed by atoms with Gasteiger partial charge in [-0.3, -0.25) is 19.4 Å². The number of carbonyl (C=O) groups is 2. The first-order chi connectivity index (χ1) is 26.6. The molecule has 3 saturated carbocycles. The Balaban J connectivity index is 1.28. The van der Waals surface area contributed by atoms with Gasteiger partial charge in [-0.15, -0.1) is 0 Å². The molecule has 4 aliphatic rings. The highest BCUT2D eigenvalue weighted by Gasteiger charge is 2.57. The summed E-state index contributed by atoms with van der Waals surface area (Å²) in [5.41, 5.74) is 4.84. The molecule has 12 heteroatoms. The Morgan fingerprint density at radius 3 is 2.46 bits per heavy atom. The number of benzene rings is 2. The number of hydrogen-bond donors (Lipinski definition) is 4. The number of aromatic nitrogens is 1. The quantitative estimate of drug-likeness (QED) is 0.176. The van der Waals surface area contributed by atoms with E-state index in [1.54, 1.807) is 25.3 Å². The van der Waals surface area contributed by atoms with Gasteiger partial charge in [-0.25, -0.2) is 0 Å². The molecule has 7 rings (SSSR count). The Hall–Kier alpha value is -4.07. The minimum Gasteiger partial charge on any atom is -0.496 e. The number of nitrogens with one attached hydrogen (secondary N) is 2. The molecule has 304 valence electrons. The van der Waals surface area contributed by atoms with Crippen molar-refractivity contribution in [3.05, 3.63) is 77.6 Å². The molecule has 0 spiro atoms. The Morgan fingerprint density at radius 1 is 1.09 bits per heavy atom. The predicted molar refractivity (Wildman–Crippen MR) is 218 cm³/mol. The van der Waals surface area contributed by atoms with Crippen molar-refractivity contribution in [2.45, 2.75) is 83.8 Å². The second-order valence-electron chi connectivity index (χ2n) is 17.4. The van der Waals surface area contributed by atoms with Crippen LogP contribution in [0.15, 0.2) is 60.8 Å². The van der Waals surface area contributed by atoms with Gasteiger partial charge in [0.2, 0.25) is 5.91 Å². The smallest absolute Gasteiger partial charge is 0.251 e. The van der Waals surface area contributed by atoms with Crippen LogP contribution in [0.25, 0.3) is 11.1 Å². The lowest BCUT2D eigenvalue weighted by molar-refractivity contribution is -0.183. The van der Waals surface area contributed by atoms with Crippen molar-refractivity contribution < 1.29 is 29.4 Å². The highest BCUT2D eigenvalue weighted by molar-refractivity contribution is 5.97. The molecule has 56 heavy (non-hydrogen) atoms. The summed E-state index contributed by atoms with van der Waals surface area (Å²) in [5.74, 6) is 0.972. The molecule has 1 aliphatic heterocycles. The van der Waals surface area contributed by atoms with Gasteiger partial charge in [0.25, 0.3) is 5.91 Å². The van der Waals surface area contributed by atoms with Crippen molar-refractivity contribution in [1.82, 2.24) is 25.6 Å². The zero-order chi connectivity index (χ0) is 40.5. The molecule has 2 amide bonds. The van der Waals surface area contributed by atoms with E-state index in [2.05, 4.69) is 41.3 Å². The Morgan fingerprint density at radius 2 is 1.86 bits per heavy atom. The highest BCUT2D eigenvalue weighted by atomic mass is 16.7. The van der Waals surface area contributed by atoms with Crippen molar-refractivity contribution in [1.29, 1.82) is 0 Å². The first-order valence-electron chi connectivity index (χ1n) is 20.0. The van der Waals surface area contributed by atoms with Crippen LogP contribution in [-0.2, 0) is 22.6 Å². The number of likely N-dealkylation sites (N-methyl/N-ethyl adjacent to an activating group) is 1. The first-order valence-corrected chi connectivity index (χ1v) is 20.0. The van der Waals surface area contributed by atoms with Crippen molar-refractivity contribution in [3.8, 4) is 16.9 Å². The van der Waals surface area contributed by atoms with Crippen LogP contribution in [0.1, 0.15) is 62.2 Å². The van der Waals surface area contributed by atoms with Gasteiger partial charge in [-0.2, -0.15) is 5.06 Å². The number of aliphatic hydroxyl groups excluding tert-OH is 2. The van der Waals surface area contributed by atoms with Crippen LogP contribution < -0.4 is 20.3 Å². The number of anilines is 1. The normalized spacial score (nSPS) is 26.6. The van der Waals surface area contributed by atoms with Gasteiger partial charge in [-0.1, -0.05) is 45.0 Å². The van der Waals surface area contributed by atoms with E-state index in [-0.39, 0.29) is 42.5 Å². The fraction of sp³-hybridized carbons (Fsp3) is 0.568. The minimum atomic E-state index is -0.906. The van der Waals surface area contributed by atoms with Gasteiger partial charge >= 0.3 is 0 Å². The van der Waals surface area contributed by atoms with Crippen LogP contribution in [0.3, 0.4) is 0 Å². The van der Waals surface area contributed by atoms with Gasteiger partial charge < -0.3 is 35.4 Å². The molecule has 2 heterocycles. The summed E-state index contributed by atoms with van der Waals surface area (Å²) in [6.45, 7) is 9.01. The first kappa shape index (κ1) is 41.6. The van der Waals surface area contributed by atoms with E-state index in [1.807, 2.05) is 87.7 Å². The average Bonchev–Trinajstić information content (AvgIpc) is 3.53. The third-order valence-corrected chi connectivity index (χ3v) is 12.8. The number of fused-ring (bicyclic) bond motifs is 2.